The highest BCUT2D eigenvalue weighted by Gasteiger charge is 1.98. The minimum Gasteiger partial charge on any atom is -0.487 e. The first-order valence-electron chi connectivity index (χ1n) is 5.13. The molecule has 0 amide bonds. The lowest BCUT2D eigenvalue weighted by Crippen LogP contribution is -2.13. The van der Waals surface area contributed by atoms with Crippen LogP contribution in [-0.2, 0) is 6.54 Å². The van der Waals surface area contributed by atoms with Gasteiger partial charge < -0.3 is 10.1 Å². The van der Waals surface area contributed by atoms with Crippen molar-refractivity contribution >= 4 is 11.3 Å². The minimum atomic E-state index is 0.883. The zero-order chi connectivity index (χ0) is 10.9. The highest BCUT2D eigenvalue weighted by molar-refractivity contribution is 7.13. The number of unbranched alkanes of at least 4 members (excludes halogenated alkanes) is 2. The fourth-order valence-corrected chi connectivity index (χ4v) is 2.04. The van der Waals surface area contributed by atoms with E-state index in [2.05, 4.69) is 17.3 Å². The zero-order valence-electron chi connectivity index (χ0n) is 9.08. The van der Waals surface area contributed by atoms with Crippen LogP contribution in [0.1, 0.15) is 24.1 Å². The molecule has 0 aliphatic carbocycles. The quantitative estimate of drug-likeness (QED) is 0.567. The highest BCUT2D eigenvalue weighted by Crippen LogP contribution is 2.23. The number of thiophene rings is 1. The zero-order valence-corrected chi connectivity index (χ0v) is 9.90. The molecule has 1 aromatic heterocycles. The van der Waals surface area contributed by atoms with Gasteiger partial charge in [0.2, 0.25) is 0 Å². The second-order valence-corrected chi connectivity index (χ2v) is 4.39. The Labute approximate surface area is 95.7 Å². The Morgan fingerprint density at radius 1 is 1.47 bits per heavy atom. The minimum absolute atomic E-state index is 0.883. The van der Waals surface area contributed by atoms with E-state index in [0.29, 0.717) is 0 Å². The van der Waals surface area contributed by atoms with Crippen LogP contribution < -0.4 is 10.1 Å². The smallest absolute Gasteiger partial charge is 0.173 e. The van der Waals surface area contributed by atoms with Crippen molar-refractivity contribution in [3.63, 3.8) is 0 Å². The van der Waals surface area contributed by atoms with E-state index in [1.165, 1.54) is 4.88 Å². The molecule has 15 heavy (non-hydrogen) atoms. The lowest BCUT2D eigenvalue weighted by atomic mass is 10.2. The summed E-state index contributed by atoms with van der Waals surface area (Å²) in [5.74, 6) is 2.64. The molecule has 0 unspecified atom stereocenters. The van der Waals surface area contributed by atoms with E-state index < -0.39 is 0 Å². The van der Waals surface area contributed by atoms with E-state index in [1.807, 2.05) is 6.07 Å². The summed E-state index contributed by atoms with van der Waals surface area (Å²) in [6, 6.07) is 4.10. The SMILES string of the molecule is C#CCCCCNCc1ccc(OC)s1. The van der Waals surface area contributed by atoms with Crippen molar-refractivity contribution in [1.82, 2.24) is 5.32 Å². The van der Waals surface area contributed by atoms with Crippen molar-refractivity contribution in [2.45, 2.75) is 25.8 Å². The molecule has 1 N–H and O–H groups in total. The van der Waals surface area contributed by atoms with Gasteiger partial charge in [-0.15, -0.1) is 23.7 Å². The summed E-state index contributed by atoms with van der Waals surface area (Å²) in [6.07, 6.45) is 8.31. The molecule has 0 fully saturated rings. The maximum absolute atomic E-state index is 5.17. The summed E-state index contributed by atoms with van der Waals surface area (Å²) in [6.45, 7) is 1.95. The van der Waals surface area contributed by atoms with Crippen LogP contribution >= 0.6 is 11.3 Å². The van der Waals surface area contributed by atoms with Crippen molar-refractivity contribution in [3.8, 4) is 17.4 Å². The van der Waals surface area contributed by atoms with Crippen molar-refractivity contribution in [1.29, 1.82) is 0 Å². The maximum Gasteiger partial charge on any atom is 0.173 e. The molecule has 1 heterocycles. The van der Waals surface area contributed by atoms with Crippen LogP contribution in [0.3, 0.4) is 0 Å². The summed E-state index contributed by atoms with van der Waals surface area (Å²) >= 11 is 1.68. The van der Waals surface area contributed by atoms with E-state index in [0.717, 1.165) is 37.4 Å². The number of nitrogens with one attached hydrogen (secondary N) is 1. The predicted octanol–water partition coefficient (Wildman–Crippen LogP) is 2.65. The van der Waals surface area contributed by atoms with Crippen molar-refractivity contribution in [2.75, 3.05) is 13.7 Å². The fraction of sp³-hybridized carbons (Fsp3) is 0.500. The molecule has 2 nitrogen and oxygen atoms in total. The summed E-state index contributed by atoms with van der Waals surface area (Å²) in [5.41, 5.74) is 0. The molecule has 1 aromatic rings. The summed E-state index contributed by atoms with van der Waals surface area (Å²) < 4.78 is 5.12. The molecule has 0 saturated heterocycles. The van der Waals surface area contributed by atoms with E-state index in [4.69, 9.17) is 11.2 Å². The number of terminal acetylenes is 1. The van der Waals surface area contributed by atoms with Crippen LogP contribution in [0.25, 0.3) is 0 Å². The summed E-state index contributed by atoms with van der Waals surface area (Å²) in [5, 5.41) is 4.36. The second kappa shape index (κ2) is 7.33. The van der Waals surface area contributed by atoms with Gasteiger partial charge in [-0.3, -0.25) is 0 Å². The van der Waals surface area contributed by atoms with Crippen molar-refractivity contribution in [3.05, 3.63) is 17.0 Å². The normalized spacial score (nSPS) is 9.87. The molecular weight excluding hydrogens is 206 g/mol. The van der Waals surface area contributed by atoms with Gasteiger partial charge in [0.25, 0.3) is 0 Å². The monoisotopic (exact) mass is 223 g/mol. The van der Waals surface area contributed by atoms with Gasteiger partial charge in [0, 0.05) is 17.8 Å². The standard InChI is InChI=1S/C12H17NOS/c1-3-4-5-6-9-13-10-11-7-8-12(14-2)15-11/h1,7-8,13H,4-6,9-10H2,2H3. The van der Waals surface area contributed by atoms with Crippen LogP contribution in [0, 0.1) is 12.3 Å². The summed E-state index contributed by atoms with van der Waals surface area (Å²) in [4.78, 5) is 1.31. The van der Waals surface area contributed by atoms with Gasteiger partial charge in [0.1, 0.15) is 0 Å². The van der Waals surface area contributed by atoms with Crippen LogP contribution in [-0.4, -0.2) is 13.7 Å². The Balaban J connectivity index is 2.07. The lowest BCUT2D eigenvalue weighted by molar-refractivity contribution is 0.427. The third-order valence-corrected chi connectivity index (χ3v) is 3.11. The third-order valence-electron chi connectivity index (χ3n) is 2.06. The van der Waals surface area contributed by atoms with Gasteiger partial charge in [-0.1, -0.05) is 0 Å². The molecule has 82 valence electrons. The van der Waals surface area contributed by atoms with Gasteiger partial charge in [-0.2, -0.15) is 0 Å². The molecule has 0 radical (unpaired) electrons. The number of hydrogen-bond acceptors (Lipinski definition) is 3. The topological polar surface area (TPSA) is 21.3 Å². The first-order chi connectivity index (χ1) is 7.36. The van der Waals surface area contributed by atoms with Gasteiger partial charge in [-0.25, -0.2) is 0 Å². The highest BCUT2D eigenvalue weighted by atomic mass is 32.1. The Bertz CT molecular complexity index is 314. The predicted molar refractivity (Wildman–Crippen MR) is 65.3 cm³/mol. The third kappa shape index (κ3) is 4.87. The molecule has 0 bridgehead atoms. The van der Waals surface area contributed by atoms with Gasteiger partial charge in [-0.05, 0) is 31.5 Å². The largest absolute Gasteiger partial charge is 0.487 e. The molecular formula is C12H17NOS. The first kappa shape index (κ1) is 12.1. The Morgan fingerprint density at radius 2 is 2.33 bits per heavy atom. The van der Waals surface area contributed by atoms with Crippen LogP contribution in [0.5, 0.6) is 5.06 Å². The van der Waals surface area contributed by atoms with E-state index in [9.17, 15) is 0 Å². The first-order valence-corrected chi connectivity index (χ1v) is 5.95. The van der Waals surface area contributed by atoms with Gasteiger partial charge in [0.05, 0.1) is 7.11 Å². The molecule has 3 heteroatoms. The maximum atomic E-state index is 5.17. The van der Waals surface area contributed by atoms with E-state index in [1.54, 1.807) is 18.4 Å². The lowest BCUT2D eigenvalue weighted by Gasteiger charge is -2.01. The van der Waals surface area contributed by atoms with E-state index >= 15 is 0 Å². The van der Waals surface area contributed by atoms with Crippen LogP contribution in [0.4, 0.5) is 0 Å². The van der Waals surface area contributed by atoms with Crippen LogP contribution in [0.15, 0.2) is 12.1 Å². The second-order valence-electron chi connectivity index (χ2n) is 3.26. The number of ether oxygens (including phenoxy) is 1. The Hall–Kier alpha value is -0.980. The fourth-order valence-electron chi connectivity index (χ4n) is 1.25. The molecule has 0 aromatic carbocycles. The molecule has 1 rings (SSSR count). The Kier molecular flexibility index (Phi) is 5.91. The van der Waals surface area contributed by atoms with Gasteiger partial charge >= 0.3 is 0 Å². The van der Waals surface area contributed by atoms with Crippen LogP contribution in [0.2, 0.25) is 0 Å². The number of rotatable bonds is 7. The molecule has 0 aliphatic heterocycles. The number of methoxy groups -OCH3 is 1. The average molecular weight is 223 g/mol. The van der Waals surface area contributed by atoms with Crippen molar-refractivity contribution in [2.24, 2.45) is 0 Å². The van der Waals surface area contributed by atoms with E-state index in [-0.39, 0.29) is 0 Å². The number of hydrogen-bond donors (Lipinski definition) is 1. The molecule has 0 aliphatic rings. The Morgan fingerprint density at radius 3 is 3.00 bits per heavy atom. The molecule has 0 spiro atoms. The average Bonchev–Trinajstić information content (AvgIpc) is 2.71. The molecule has 0 saturated carbocycles. The van der Waals surface area contributed by atoms with Gasteiger partial charge in [0.15, 0.2) is 5.06 Å². The summed E-state index contributed by atoms with van der Waals surface area (Å²) in [7, 11) is 1.70. The van der Waals surface area contributed by atoms with Crippen molar-refractivity contribution < 1.29 is 4.74 Å². The molecule has 0 atom stereocenters.